The zero-order chi connectivity index (χ0) is 29.7. The van der Waals surface area contributed by atoms with Crippen LogP contribution in [0.15, 0.2) is 54.6 Å². The van der Waals surface area contributed by atoms with Crippen LogP contribution in [0.3, 0.4) is 0 Å². The molecule has 5 atom stereocenters. The molecule has 0 bridgehead atoms. The number of hydrogen-bond acceptors (Lipinski definition) is 7. The number of phenolic OH excluding ortho intramolecular Hbond substituents is 1. The zero-order valence-electron chi connectivity index (χ0n) is 23.1. The number of thioether (sulfide) groups is 1. The number of carboxylic acid groups (broad SMARTS) is 1. The number of carbonyl (C=O) groups is 4. The number of nitrogens with one attached hydrogen (secondary N) is 3. The minimum absolute atomic E-state index is 0.0571. The fourth-order valence-electron chi connectivity index (χ4n) is 3.95. The first kappa shape index (κ1) is 32.6. The van der Waals surface area contributed by atoms with Crippen LogP contribution in [0, 0.1) is 5.92 Å². The van der Waals surface area contributed by atoms with Crippen molar-refractivity contribution in [1.29, 1.82) is 0 Å². The smallest absolute Gasteiger partial charge is 0.326 e. The van der Waals surface area contributed by atoms with E-state index in [2.05, 4.69) is 16.0 Å². The van der Waals surface area contributed by atoms with Gasteiger partial charge in [0.1, 0.15) is 23.9 Å². The minimum atomic E-state index is -1.16. The number of aromatic hydroxyl groups is 1. The zero-order valence-corrected chi connectivity index (χ0v) is 23.9. The lowest BCUT2D eigenvalue weighted by Gasteiger charge is -2.26. The van der Waals surface area contributed by atoms with Crippen molar-refractivity contribution in [3.8, 4) is 5.75 Å². The van der Waals surface area contributed by atoms with E-state index in [4.69, 9.17) is 5.73 Å². The van der Waals surface area contributed by atoms with Crippen molar-refractivity contribution < 1.29 is 29.4 Å². The first-order valence-corrected chi connectivity index (χ1v) is 14.6. The highest BCUT2D eigenvalue weighted by Crippen LogP contribution is 2.13. The highest BCUT2D eigenvalue weighted by atomic mass is 32.2. The number of amides is 3. The summed E-state index contributed by atoms with van der Waals surface area (Å²) in [5.41, 5.74) is 7.54. The van der Waals surface area contributed by atoms with Gasteiger partial charge in [-0.15, -0.1) is 0 Å². The topological polar surface area (TPSA) is 171 Å². The lowest BCUT2D eigenvalue weighted by atomic mass is 9.98. The fourth-order valence-corrected chi connectivity index (χ4v) is 4.43. The van der Waals surface area contributed by atoms with Gasteiger partial charge in [0.15, 0.2) is 0 Å². The van der Waals surface area contributed by atoms with Gasteiger partial charge in [-0.3, -0.25) is 14.4 Å². The Morgan fingerprint density at radius 2 is 1.32 bits per heavy atom. The van der Waals surface area contributed by atoms with Crippen molar-refractivity contribution in [1.82, 2.24) is 16.0 Å². The van der Waals surface area contributed by atoms with Crippen LogP contribution in [0.1, 0.15) is 37.8 Å². The standard InChI is InChI=1S/C29H40N4O6S/c1-4-18(2)25(30)28(37)33-24(17-20-10-12-21(34)13-11-20)27(36)32-23(16-19-8-6-5-7-9-19)26(35)31-22(29(38)39)14-15-40-3/h5-13,18,22-25,34H,4,14-17,30H2,1-3H3,(H,31,35)(H,32,36)(H,33,37)(H,38,39). The van der Waals surface area contributed by atoms with Gasteiger partial charge in [0.05, 0.1) is 6.04 Å². The normalized spacial score (nSPS) is 14.7. The summed E-state index contributed by atoms with van der Waals surface area (Å²) in [6.07, 6.45) is 2.93. The van der Waals surface area contributed by atoms with E-state index in [1.807, 2.05) is 26.2 Å². The van der Waals surface area contributed by atoms with Crippen LogP contribution >= 0.6 is 11.8 Å². The molecule has 0 heterocycles. The molecule has 7 N–H and O–H groups in total. The van der Waals surface area contributed by atoms with Gasteiger partial charge in [-0.05, 0) is 47.6 Å². The van der Waals surface area contributed by atoms with Gasteiger partial charge in [-0.1, -0.05) is 62.7 Å². The Hall–Kier alpha value is -3.57. The summed E-state index contributed by atoms with van der Waals surface area (Å²) in [5, 5.41) is 27.2. The number of carboxylic acids is 1. The predicted molar refractivity (Wildman–Crippen MR) is 156 cm³/mol. The molecule has 0 fully saturated rings. The van der Waals surface area contributed by atoms with Crippen molar-refractivity contribution >= 4 is 35.5 Å². The Morgan fingerprint density at radius 1 is 0.825 bits per heavy atom. The van der Waals surface area contributed by atoms with E-state index in [1.54, 1.807) is 36.4 Å². The van der Waals surface area contributed by atoms with Crippen molar-refractivity contribution in [2.45, 2.75) is 63.7 Å². The van der Waals surface area contributed by atoms with Crippen LogP contribution in [0.25, 0.3) is 0 Å². The molecule has 11 heteroatoms. The van der Waals surface area contributed by atoms with E-state index < -0.39 is 47.9 Å². The second kappa shape index (κ2) is 16.5. The molecule has 2 rings (SSSR count). The van der Waals surface area contributed by atoms with E-state index in [9.17, 15) is 29.4 Å². The molecule has 0 aliphatic rings. The van der Waals surface area contributed by atoms with E-state index in [0.717, 1.165) is 5.56 Å². The Morgan fingerprint density at radius 3 is 1.82 bits per heavy atom. The van der Waals surface area contributed by atoms with Crippen molar-refractivity contribution in [3.63, 3.8) is 0 Å². The minimum Gasteiger partial charge on any atom is -0.508 e. The molecule has 0 saturated heterocycles. The molecule has 0 saturated carbocycles. The molecule has 0 aliphatic heterocycles. The molecule has 0 aromatic heterocycles. The van der Waals surface area contributed by atoms with Gasteiger partial charge in [0.2, 0.25) is 17.7 Å². The maximum atomic E-state index is 13.6. The molecule has 3 amide bonds. The number of rotatable bonds is 16. The third kappa shape index (κ3) is 10.5. The van der Waals surface area contributed by atoms with Gasteiger partial charge < -0.3 is 31.9 Å². The lowest BCUT2D eigenvalue weighted by molar-refractivity contribution is -0.142. The number of carbonyl (C=O) groups excluding carboxylic acids is 3. The summed E-state index contributed by atoms with van der Waals surface area (Å²) >= 11 is 1.46. The fraction of sp³-hybridized carbons (Fsp3) is 0.448. The molecular formula is C29H40N4O6S. The van der Waals surface area contributed by atoms with E-state index in [0.29, 0.717) is 17.7 Å². The molecule has 10 nitrogen and oxygen atoms in total. The lowest BCUT2D eigenvalue weighted by Crippen LogP contribution is -2.58. The number of phenols is 1. The maximum Gasteiger partial charge on any atom is 0.326 e. The Kier molecular flexibility index (Phi) is 13.5. The molecule has 40 heavy (non-hydrogen) atoms. The molecule has 218 valence electrons. The Balaban J connectivity index is 2.32. The summed E-state index contributed by atoms with van der Waals surface area (Å²) < 4.78 is 0. The average molecular weight is 573 g/mol. The molecule has 2 aromatic carbocycles. The first-order chi connectivity index (χ1) is 19.0. The van der Waals surface area contributed by atoms with Gasteiger partial charge in [0, 0.05) is 12.8 Å². The van der Waals surface area contributed by atoms with Crippen LogP contribution in [0.5, 0.6) is 5.75 Å². The molecular weight excluding hydrogens is 532 g/mol. The van der Waals surface area contributed by atoms with Crippen LogP contribution in [0.2, 0.25) is 0 Å². The first-order valence-electron chi connectivity index (χ1n) is 13.3. The van der Waals surface area contributed by atoms with Gasteiger partial charge in [0.25, 0.3) is 0 Å². The summed E-state index contributed by atoms with van der Waals surface area (Å²) in [5.74, 6) is -2.46. The number of benzene rings is 2. The SMILES string of the molecule is CCC(C)C(N)C(=O)NC(Cc1ccc(O)cc1)C(=O)NC(Cc1ccccc1)C(=O)NC(CCSC)C(=O)O. The largest absolute Gasteiger partial charge is 0.508 e. The number of hydrogen-bond donors (Lipinski definition) is 6. The van der Waals surface area contributed by atoms with Gasteiger partial charge >= 0.3 is 5.97 Å². The monoisotopic (exact) mass is 572 g/mol. The molecule has 0 aliphatic carbocycles. The second-order valence-corrected chi connectivity index (χ2v) is 10.8. The molecule has 2 aromatic rings. The maximum absolute atomic E-state index is 13.6. The summed E-state index contributed by atoms with van der Waals surface area (Å²) in [6, 6.07) is 11.1. The highest BCUT2D eigenvalue weighted by molar-refractivity contribution is 7.98. The summed E-state index contributed by atoms with van der Waals surface area (Å²) in [6.45, 7) is 3.75. The highest BCUT2D eigenvalue weighted by Gasteiger charge is 2.31. The van der Waals surface area contributed by atoms with E-state index in [-0.39, 0.29) is 30.9 Å². The van der Waals surface area contributed by atoms with E-state index >= 15 is 0 Å². The van der Waals surface area contributed by atoms with Crippen molar-refractivity contribution in [3.05, 3.63) is 65.7 Å². The second-order valence-electron chi connectivity index (χ2n) is 9.77. The third-order valence-corrected chi connectivity index (χ3v) is 7.35. The van der Waals surface area contributed by atoms with Gasteiger partial charge in [-0.25, -0.2) is 4.79 Å². The third-order valence-electron chi connectivity index (χ3n) is 6.71. The van der Waals surface area contributed by atoms with Crippen LogP contribution in [-0.4, -0.2) is 70.1 Å². The summed E-state index contributed by atoms with van der Waals surface area (Å²) in [4.78, 5) is 51.6. The van der Waals surface area contributed by atoms with E-state index in [1.165, 1.54) is 23.9 Å². The van der Waals surface area contributed by atoms with Crippen molar-refractivity contribution in [2.75, 3.05) is 12.0 Å². The molecule has 0 radical (unpaired) electrons. The van der Waals surface area contributed by atoms with Crippen molar-refractivity contribution in [2.24, 2.45) is 11.7 Å². The Bertz CT molecular complexity index is 1120. The Labute approximate surface area is 239 Å². The number of aliphatic carboxylic acids is 1. The van der Waals surface area contributed by atoms with Crippen LogP contribution in [0.4, 0.5) is 0 Å². The molecule has 0 spiro atoms. The molecule has 5 unspecified atom stereocenters. The van der Waals surface area contributed by atoms with Gasteiger partial charge in [-0.2, -0.15) is 11.8 Å². The predicted octanol–water partition coefficient (Wildman–Crippen LogP) is 1.84. The average Bonchev–Trinajstić information content (AvgIpc) is 2.94. The van der Waals surface area contributed by atoms with Crippen LogP contribution < -0.4 is 21.7 Å². The number of nitrogens with two attached hydrogens (primary N) is 1. The van der Waals surface area contributed by atoms with Crippen LogP contribution in [-0.2, 0) is 32.0 Å². The quantitative estimate of drug-likeness (QED) is 0.177. The summed E-state index contributed by atoms with van der Waals surface area (Å²) in [7, 11) is 0.